The quantitative estimate of drug-likeness (QED) is 0.694. The minimum absolute atomic E-state index is 0.0612. The summed E-state index contributed by atoms with van der Waals surface area (Å²) in [6, 6.07) is 16.7. The Bertz CT molecular complexity index is 1020. The Morgan fingerprint density at radius 2 is 1.71 bits per heavy atom. The molecule has 1 amide bonds. The maximum Gasteiger partial charge on any atom is 0.340 e. The van der Waals surface area contributed by atoms with Gasteiger partial charge in [-0.2, -0.15) is 0 Å². The highest BCUT2D eigenvalue weighted by Crippen LogP contribution is 2.40. The van der Waals surface area contributed by atoms with Gasteiger partial charge in [0.05, 0.1) is 18.1 Å². The van der Waals surface area contributed by atoms with Crippen LogP contribution in [-0.2, 0) is 19.1 Å². The van der Waals surface area contributed by atoms with E-state index in [0.717, 1.165) is 11.3 Å². The normalized spacial score (nSPS) is 15.9. The molecule has 0 unspecified atom stereocenters. The molecule has 3 N–H and O–H groups in total. The van der Waals surface area contributed by atoms with E-state index < -0.39 is 11.9 Å². The number of nitrogens with two attached hydrogens (primary N) is 1. The number of hydrogen-bond donors (Lipinski definition) is 2. The van der Waals surface area contributed by atoms with Gasteiger partial charge in [0.1, 0.15) is 11.3 Å². The van der Waals surface area contributed by atoms with Crippen molar-refractivity contribution in [2.24, 2.45) is 5.73 Å². The lowest BCUT2D eigenvalue weighted by molar-refractivity contribution is -0.139. The zero-order valence-electron chi connectivity index (χ0n) is 18.1. The average Bonchev–Trinajstić information content (AvgIpc) is 2.74. The summed E-state index contributed by atoms with van der Waals surface area (Å²) in [5.74, 6) is -1.44. The van der Waals surface area contributed by atoms with Crippen molar-refractivity contribution < 1.29 is 19.1 Å². The van der Waals surface area contributed by atoms with Crippen molar-refractivity contribution in [2.45, 2.75) is 19.8 Å². The number of carbonyl (C=O) groups excluding carboxylic acids is 2. The Kier molecular flexibility index (Phi) is 6.65. The fraction of sp³-hybridized carbons (Fsp3) is 0.250. The van der Waals surface area contributed by atoms with Gasteiger partial charge in [-0.1, -0.05) is 30.3 Å². The van der Waals surface area contributed by atoms with E-state index in [0.29, 0.717) is 17.0 Å². The maximum absolute atomic E-state index is 13.3. The smallest absolute Gasteiger partial charge is 0.340 e. The first kappa shape index (κ1) is 22.0. The van der Waals surface area contributed by atoms with Gasteiger partial charge in [0.2, 0.25) is 5.88 Å². The molecule has 2 aromatic rings. The fourth-order valence-electron chi connectivity index (χ4n) is 3.50. The number of nitrogens with one attached hydrogen (secondary N) is 1. The zero-order valence-corrected chi connectivity index (χ0v) is 18.1. The molecule has 1 atom stereocenters. The number of esters is 1. The van der Waals surface area contributed by atoms with Crippen molar-refractivity contribution >= 4 is 23.3 Å². The van der Waals surface area contributed by atoms with Crippen molar-refractivity contribution in [3.63, 3.8) is 0 Å². The van der Waals surface area contributed by atoms with Crippen LogP contribution in [0.5, 0.6) is 0 Å². The third-order valence-electron chi connectivity index (χ3n) is 5.00. The van der Waals surface area contributed by atoms with Crippen molar-refractivity contribution in [1.82, 2.24) is 0 Å². The van der Waals surface area contributed by atoms with E-state index in [-0.39, 0.29) is 24.0 Å². The van der Waals surface area contributed by atoms with Crippen LogP contribution >= 0.6 is 0 Å². The van der Waals surface area contributed by atoms with Crippen LogP contribution < -0.4 is 16.0 Å². The number of carbonyl (C=O) groups is 2. The first-order valence-corrected chi connectivity index (χ1v) is 10.0. The van der Waals surface area contributed by atoms with Crippen molar-refractivity contribution in [2.75, 3.05) is 30.9 Å². The summed E-state index contributed by atoms with van der Waals surface area (Å²) in [5.41, 5.74) is 8.88. The van der Waals surface area contributed by atoms with E-state index in [2.05, 4.69) is 5.32 Å². The van der Waals surface area contributed by atoms with Gasteiger partial charge in [-0.05, 0) is 43.7 Å². The van der Waals surface area contributed by atoms with Gasteiger partial charge in [-0.3, -0.25) is 4.79 Å². The van der Waals surface area contributed by atoms with E-state index in [1.165, 1.54) is 0 Å². The van der Waals surface area contributed by atoms with Gasteiger partial charge in [-0.15, -0.1) is 0 Å². The standard InChI is InChI=1S/C24H27N3O4/c1-5-30-24(29)21-20(16-11-13-18(14-12-16)27(3)4)19(15(2)31-22(21)25)23(28)26-17-9-7-6-8-10-17/h6-14,20H,5,25H2,1-4H3,(H,26,28)/t20-/m1/s1. The first-order valence-electron chi connectivity index (χ1n) is 10.0. The van der Waals surface area contributed by atoms with Crippen LogP contribution in [0.2, 0.25) is 0 Å². The largest absolute Gasteiger partial charge is 0.462 e. The molecule has 162 valence electrons. The zero-order chi connectivity index (χ0) is 22.5. The van der Waals surface area contributed by atoms with Crippen LogP contribution in [0.3, 0.4) is 0 Å². The third-order valence-corrected chi connectivity index (χ3v) is 5.00. The highest BCUT2D eigenvalue weighted by Gasteiger charge is 2.39. The molecule has 0 saturated heterocycles. The molecule has 0 bridgehead atoms. The Morgan fingerprint density at radius 3 is 2.29 bits per heavy atom. The average molecular weight is 421 g/mol. The Balaban J connectivity index is 2.08. The monoisotopic (exact) mass is 421 g/mol. The molecule has 0 aliphatic carbocycles. The number of hydrogen-bond acceptors (Lipinski definition) is 6. The van der Waals surface area contributed by atoms with Crippen molar-refractivity contribution in [3.05, 3.63) is 82.9 Å². The number of anilines is 2. The second-order valence-corrected chi connectivity index (χ2v) is 7.31. The Labute approximate surface area is 182 Å². The molecule has 0 aromatic heterocycles. The van der Waals surface area contributed by atoms with Crippen molar-refractivity contribution in [3.8, 4) is 0 Å². The molecule has 1 aliphatic rings. The molecule has 1 aliphatic heterocycles. The van der Waals surface area contributed by atoms with Crippen LogP contribution in [-0.4, -0.2) is 32.6 Å². The Morgan fingerprint density at radius 1 is 1.06 bits per heavy atom. The maximum atomic E-state index is 13.3. The summed E-state index contributed by atoms with van der Waals surface area (Å²) in [6.45, 7) is 3.55. The molecule has 31 heavy (non-hydrogen) atoms. The summed E-state index contributed by atoms with van der Waals surface area (Å²) < 4.78 is 10.8. The predicted molar refractivity (Wildman–Crippen MR) is 120 cm³/mol. The number of amides is 1. The molecule has 7 heteroatoms. The summed E-state index contributed by atoms with van der Waals surface area (Å²) in [7, 11) is 3.88. The number of benzene rings is 2. The first-order chi connectivity index (χ1) is 14.8. The molecule has 0 spiro atoms. The number of allylic oxidation sites excluding steroid dienone is 1. The lowest BCUT2D eigenvalue weighted by atomic mass is 9.82. The number of nitrogens with zero attached hydrogens (tertiary/aromatic N) is 1. The van der Waals surface area contributed by atoms with Gasteiger partial charge in [0.25, 0.3) is 5.91 Å². The van der Waals surface area contributed by atoms with E-state index in [1.807, 2.05) is 61.5 Å². The highest BCUT2D eigenvalue weighted by molar-refractivity contribution is 6.08. The van der Waals surface area contributed by atoms with Crippen LogP contribution in [0.25, 0.3) is 0 Å². The molecular formula is C24H27N3O4. The van der Waals surface area contributed by atoms with Crippen molar-refractivity contribution in [1.29, 1.82) is 0 Å². The second-order valence-electron chi connectivity index (χ2n) is 7.31. The summed E-state index contributed by atoms with van der Waals surface area (Å²) in [4.78, 5) is 28.1. The fourth-order valence-corrected chi connectivity index (χ4v) is 3.50. The van der Waals surface area contributed by atoms with Gasteiger partial charge >= 0.3 is 5.97 Å². The van der Waals surface area contributed by atoms with Gasteiger partial charge < -0.3 is 25.4 Å². The van der Waals surface area contributed by atoms with Gasteiger partial charge in [0, 0.05) is 25.5 Å². The molecule has 2 aromatic carbocycles. The lowest BCUT2D eigenvalue weighted by Crippen LogP contribution is -2.31. The predicted octanol–water partition coefficient (Wildman–Crippen LogP) is 3.51. The summed E-state index contributed by atoms with van der Waals surface area (Å²) >= 11 is 0. The minimum atomic E-state index is -0.729. The molecule has 0 radical (unpaired) electrons. The molecule has 7 nitrogen and oxygen atoms in total. The van der Waals surface area contributed by atoms with Crippen LogP contribution in [0, 0.1) is 0 Å². The van der Waals surface area contributed by atoms with Crippen LogP contribution in [0.15, 0.2) is 77.4 Å². The van der Waals surface area contributed by atoms with Gasteiger partial charge in [-0.25, -0.2) is 4.79 Å². The van der Waals surface area contributed by atoms with E-state index in [9.17, 15) is 9.59 Å². The SMILES string of the molecule is CCOC(=O)C1=C(N)OC(C)=C(C(=O)Nc2ccccc2)[C@H]1c1ccc(N(C)C)cc1. The minimum Gasteiger partial charge on any atom is -0.462 e. The molecule has 1 heterocycles. The highest BCUT2D eigenvalue weighted by atomic mass is 16.5. The Hall–Kier alpha value is -3.74. The second kappa shape index (κ2) is 9.38. The van der Waals surface area contributed by atoms with Crippen LogP contribution in [0.4, 0.5) is 11.4 Å². The lowest BCUT2D eigenvalue weighted by Gasteiger charge is -2.29. The van der Waals surface area contributed by atoms with E-state index in [1.54, 1.807) is 26.0 Å². The van der Waals surface area contributed by atoms with Crippen LogP contribution in [0.1, 0.15) is 25.3 Å². The van der Waals surface area contributed by atoms with E-state index in [4.69, 9.17) is 15.2 Å². The third kappa shape index (κ3) is 4.71. The number of ether oxygens (including phenoxy) is 2. The van der Waals surface area contributed by atoms with Gasteiger partial charge in [0.15, 0.2) is 0 Å². The summed E-state index contributed by atoms with van der Waals surface area (Å²) in [6.07, 6.45) is 0. The molecule has 0 saturated carbocycles. The topological polar surface area (TPSA) is 93.9 Å². The molecule has 3 rings (SSSR count). The number of rotatable bonds is 6. The summed E-state index contributed by atoms with van der Waals surface area (Å²) in [5, 5.41) is 2.88. The molecule has 0 fully saturated rings. The van der Waals surface area contributed by atoms with E-state index >= 15 is 0 Å². The number of para-hydroxylation sites is 1. The molecular weight excluding hydrogens is 394 g/mol.